The smallest absolute Gasteiger partial charge is 0.257 e. The molecular weight excluding hydrogens is 330 g/mol. The molecule has 26 heavy (non-hydrogen) atoms. The lowest BCUT2D eigenvalue weighted by molar-refractivity contribution is 0.0535. The Labute approximate surface area is 151 Å². The van der Waals surface area contributed by atoms with Crippen LogP contribution in [0.5, 0.6) is 0 Å². The van der Waals surface area contributed by atoms with Gasteiger partial charge in [-0.05, 0) is 42.5 Å². The summed E-state index contributed by atoms with van der Waals surface area (Å²) in [4.78, 5) is 28.6. The molecule has 0 spiro atoms. The number of benzene rings is 1. The molecule has 0 radical (unpaired) electrons. The highest BCUT2D eigenvalue weighted by Gasteiger charge is 2.25. The quantitative estimate of drug-likeness (QED) is 0.730. The van der Waals surface area contributed by atoms with Gasteiger partial charge in [-0.15, -0.1) is 0 Å². The Morgan fingerprint density at radius 1 is 0.769 bits per heavy atom. The van der Waals surface area contributed by atoms with Gasteiger partial charge in [0.2, 0.25) is 0 Å². The Morgan fingerprint density at radius 2 is 1.35 bits per heavy atom. The Hall–Kier alpha value is -3.28. The minimum Gasteiger partial charge on any atom is -0.472 e. The molecule has 132 valence electrons. The summed E-state index contributed by atoms with van der Waals surface area (Å²) in [5.41, 5.74) is 2.22. The second-order valence-corrected chi connectivity index (χ2v) is 6.23. The first kappa shape index (κ1) is 16.2. The lowest BCUT2D eigenvalue weighted by Gasteiger charge is -2.34. The number of carbonyl (C=O) groups is 2. The summed E-state index contributed by atoms with van der Waals surface area (Å²) in [5, 5.41) is 0. The number of hydrogen-bond donors (Lipinski definition) is 0. The third-order valence-corrected chi connectivity index (χ3v) is 4.64. The van der Waals surface area contributed by atoms with Crippen molar-refractivity contribution in [3.05, 3.63) is 78.5 Å². The molecule has 4 rings (SSSR count). The molecule has 1 saturated heterocycles. The number of nitrogens with zero attached hydrogens (tertiary/aromatic N) is 3. The van der Waals surface area contributed by atoms with Crippen molar-refractivity contribution in [3.63, 3.8) is 0 Å². The number of furan rings is 1. The maximum absolute atomic E-state index is 12.7. The number of piperazine rings is 1. The van der Waals surface area contributed by atoms with Crippen LogP contribution < -0.4 is 0 Å². The van der Waals surface area contributed by atoms with Crippen LogP contribution in [0, 0.1) is 0 Å². The fraction of sp³-hybridized carbons (Fsp3) is 0.200. The molecule has 6 heteroatoms. The number of amides is 2. The molecule has 0 bridgehead atoms. The number of aromatic nitrogens is 1. The van der Waals surface area contributed by atoms with Gasteiger partial charge in [0.05, 0.1) is 11.8 Å². The molecule has 1 aliphatic rings. The van der Waals surface area contributed by atoms with E-state index in [0.717, 1.165) is 5.69 Å². The summed E-state index contributed by atoms with van der Waals surface area (Å²) < 4.78 is 6.96. The van der Waals surface area contributed by atoms with Crippen molar-refractivity contribution in [1.82, 2.24) is 14.4 Å². The van der Waals surface area contributed by atoms with Gasteiger partial charge in [0.25, 0.3) is 11.8 Å². The molecule has 2 amide bonds. The van der Waals surface area contributed by atoms with Gasteiger partial charge in [-0.3, -0.25) is 9.59 Å². The van der Waals surface area contributed by atoms with E-state index in [-0.39, 0.29) is 11.8 Å². The fourth-order valence-corrected chi connectivity index (χ4v) is 3.15. The third-order valence-electron chi connectivity index (χ3n) is 4.64. The minimum absolute atomic E-state index is 0.000494. The summed E-state index contributed by atoms with van der Waals surface area (Å²) in [6, 6.07) is 13.2. The van der Waals surface area contributed by atoms with Crippen molar-refractivity contribution in [2.24, 2.45) is 0 Å². The minimum atomic E-state index is -0.0538. The van der Waals surface area contributed by atoms with E-state index < -0.39 is 0 Å². The predicted octanol–water partition coefficient (Wildman–Crippen LogP) is 2.67. The van der Waals surface area contributed by atoms with E-state index in [1.165, 1.54) is 12.5 Å². The van der Waals surface area contributed by atoms with Crippen molar-refractivity contribution >= 4 is 11.8 Å². The average Bonchev–Trinajstić information content (AvgIpc) is 3.41. The molecule has 2 aromatic heterocycles. The zero-order chi connectivity index (χ0) is 17.9. The van der Waals surface area contributed by atoms with E-state index in [9.17, 15) is 9.59 Å². The predicted molar refractivity (Wildman–Crippen MR) is 96.3 cm³/mol. The van der Waals surface area contributed by atoms with Crippen LogP contribution in [0.2, 0.25) is 0 Å². The highest BCUT2D eigenvalue weighted by atomic mass is 16.3. The zero-order valence-corrected chi connectivity index (χ0v) is 14.2. The Morgan fingerprint density at radius 3 is 1.88 bits per heavy atom. The second kappa shape index (κ2) is 6.92. The van der Waals surface area contributed by atoms with Gasteiger partial charge in [0.1, 0.15) is 6.26 Å². The molecule has 1 aliphatic heterocycles. The van der Waals surface area contributed by atoms with Crippen LogP contribution in [0.4, 0.5) is 0 Å². The monoisotopic (exact) mass is 349 g/mol. The fourth-order valence-electron chi connectivity index (χ4n) is 3.15. The van der Waals surface area contributed by atoms with Gasteiger partial charge < -0.3 is 18.8 Å². The van der Waals surface area contributed by atoms with Gasteiger partial charge in [0, 0.05) is 49.8 Å². The largest absolute Gasteiger partial charge is 0.472 e. The molecule has 3 heterocycles. The summed E-state index contributed by atoms with van der Waals surface area (Å²) in [6.45, 7) is 2.11. The van der Waals surface area contributed by atoms with Crippen molar-refractivity contribution in [1.29, 1.82) is 0 Å². The molecule has 0 atom stereocenters. The van der Waals surface area contributed by atoms with Crippen LogP contribution in [0.15, 0.2) is 71.8 Å². The van der Waals surface area contributed by atoms with Crippen LogP contribution in [-0.4, -0.2) is 52.4 Å². The molecule has 0 aliphatic carbocycles. The highest BCUT2D eigenvalue weighted by Crippen LogP contribution is 2.14. The van der Waals surface area contributed by atoms with Crippen molar-refractivity contribution in [2.45, 2.75) is 0 Å². The van der Waals surface area contributed by atoms with Crippen LogP contribution in [-0.2, 0) is 0 Å². The van der Waals surface area contributed by atoms with Gasteiger partial charge in [-0.25, -0.2) is 0 Å². The molecule has 0 N–H and O–H groups in total. The number of rotatable bonds is 3. The average molecular weight is 349 g/mol. The first-order valence-corrected chi connectivity index (χ1v) is 8.56. The van der Waals surface area contributed by atoms with Gasteiger partial charge in [0.15, 0.2) is 0 Å². The Balaban J connectivity index is 1.38. The first-order valence-electron chi connectivity index (χ1n) is 8.56. The molecule has 1 fully saturated rings. The summed E-state index contributed by atoms with van der Waals surface area (Å²) in [6.07, 6.45) is 6.87. The van der Waals surface area contributed by atoms with Crippen LogP contribution in [0.3, 0.4) is 0 Å². The maximum Gasteiger partial charge on any atom is 0.257 e. The van der Waals surface area contributed by atoms with E-state index in [0.29, 0.717) is 37.3 Å². The topological polar surface area (TPSA) is 58.7 Å². The number of carbonyl (C=O) groups excluding carboxylic acids is 2. The SMILES string of the molecule is O=C(c1ccc(-n2cccc2)cc1)N1CCN(C(=O)c2ccoc2)CC1. The normalized spacial score (nSPS) is 14.5. The summed E-state index contributed by atoms with van der Waals surface area (Å²) in [5.74, 6) is -0.0543. The van der Waals surface area contributed by atoms with E-state index in [1.54, 1.807) is 15.9 Å². The van der Waals surface area contributed by atoms with Crippen LogP contribution in [0.1, 0.15) is 20.7 Å². The maximum atomic E-state index is 12.7. The van der Waals surface area contributed by atoms with Crippen molar-refractivity contribution in [2.75, 3.05) is 26.2 Å². The van der Waals surface area contributed by atoms with Crippen molar-refractivity contribution < 1.29 is 14.0 Å². The molecule has 3 aromatic rings. The molecule has 1 aromatic carbocycles. The second-order valence-electron chi connectivity index (χ2n) is 6.23. The first-order chi connectivity index (χ1) is 12.7. The molecule has 6 nitrogen and oxygen atoms in total. The summed E-state index contributed by atoms with van der Waals surface area (Å²) in [7, 11) is 0. The van der Waals surface area contributed by atoms with Crippen LogP contribution >= 0.6 is 0 Å². The lowest BCUT2D eigenvalue weighted by atomic mass is 10.1. The van der Waals surface area contributed by atoms with Gasteiger partial charge in [-0.2, -0.15) is 0 Å². The van der Waals surface area contributed by atoms with Crippen molar-refractivity contribution in [3.8, 4) is 5.69 Å². The van der Waals surface area contributed by atoms with E-state index in [2.05, 4.69) is 0 Å². The molecular formula is C20H19N3O3. The van der Waals surface area contributed by atoms with Crippen LogP contribution in [0.25, 0.3) is 5.69 Å². The van der Waals surface area contributed by atoms with Gasteiger partial charge in [-0.1, -0.05) is 0 Å². The lowest BCUT2D eigenvalue weighted by Crippen LogP contribution is -2.50. The summed E-state index contributed by atoms with van der Waals surface area (Å²) >= 11 is 0. The molecule has 0 saturated carbocycles. The third kappa shape index (κ3) is 3.13. The van der Waals surface area contributed by atoms with E-state index >= 15 is 0 Å². The zero-order valence-electron chi connectivity index (χ0n) is 14.2. The van der Waals surface area contributed by atoms with Gasteiger partial charge >= 0.3 is 0 Å². The highest BCUT2D eigenvalue weighted by molar-refractivity contribution is 5.95. The van der Waals surface area contributed by atoms with E-state index in [4.69, 9.17) is 4.42 Å². The Kier molecular flexibility index (Phi) is 4.31. The molecule has 0 unspecified atom stereocenters. The Bertz CT molecular complexity index is 875. The van der Waals surface area contributed by atoms with E-state index in [1.807, 2.05) is 53.4 Å². The number of hydrogen-bond acceptors (Lipinski definition) is 3. The standard InChI is InChI=1S/C20H19N3O3/c24-19(16-3-5-18(6-4-16)21-8-1-2-9-21)22-10-12-23(13-11-22)20(25)17-7-14-26-15-17/h1-9,14-15H,10-13H2.